The molecule has 1 aliphatic rings. The molecule has 0 amide bonds. The molecule has 1 heterocycles. The minimum Gasteiger partial charge on any atom is -0.264 e. The number of aliphatic imine (C=N–C) groups is 1. The summed E-state index contributed by atoms with van der Waals surface area (Å²) in [5.74, 6) is 2.66. The van der Waals surface area contributed by atoms with Gasteiger partial charge in [0.05, 0.1) is 11.6 Å². The minimum atomic E-state index is 0.559. The second kappa shape index (κ2) is 3.21. The average Bonchev–Trinajstić information content (AvgIpc) is 1.90. The third-order valence-corrected chi connectivity index (χ3v) is 2.10. The van der Waals surface area contributed by atoms with Gasteiger partial charge in [0.15, 0.2) is 0 Å². The zero-order valence-corrected chi connectivity index (χ0v) is 6.15. The summed E-state index contributed by atoms with van der Waals surface area (Å²) < 4.78 is 0. The summed E-state index contributed by atoms with van der Waals surface area (Å²) in [7, 11) is 0.893. The van der Waals surface area contributed by atoms with Crippen molar-refractivity contribution in [3.63, 3.8) is 0 Å². The number of nitrogens with zero attached hydrogens (tertiary/aromatic N) is 1. The molecule has 3 heteroatoms. The van der Waals surface area contributed by atoms with Gasteiger partial charge in [0, 0.05) is 12.4 Å². The molecule has 0 N–H and O–H groups in total. The standard InChI is InChI=1S/C5H7ClNP/c6-3-5-4-8-2-1-7-5/h1,4,8H,2-3H2. The first-order valence-corrected chi connectivity index (χ1v) is 4.26. The molecule has 0 aromatic rings. The van der Waals surface area contributed by atoms with Gasteiger partial charge in [-0.3, -0.25) is 4.99 Å². The molecule has 0 fully saturated rings. The van der Waals surface area contributed by atoms with Crippen LogP contribution in [0, 0.1) is 0 Å². The molecular formula is C5H7ClNP. The van der Waals surface area contributed by atoms with E-state index in [4.69, 9.17) is 11.6 Å². The number of hydrogen-bond acceptors (Lipinski definition) is 1. The quantitative estimate of drug-likeness (QED) is 0.396. The van der Waals surface area contributed by atoms with Crippen LogP contribution in [0.1, 0.15) is 0 Å². The summed E-state index contributed by atoms with van der Waals surface area (Å²) >= 11 is 5.50. The van der Waals surface area contributed by atoms with Crippen LogP contribution < -0.4 is 0 Å². The highest BCUT2D eigenvalue weighted by Gasteiger charge is 1.93. The van der Waals surface area contributed by atoms with Crippen molar-refractivity contribution < 1.29 is 0 Å². The Kier molecular flexibility index (Phi) is 2.51. The molecule has 0 bridgehead atoms. The predicted molar refractivity (Wildman–Crippen MR) is 40.5 cm³/mol. The van der Waals surface area contributed by atoms with E-state index in [1.54, 1.807) is 0 Å². The Labute approximate surface area is 55.6 Å². The third-order valence-electron chi connectivity index (χ3n) is 0.872. The van der Waals surface area contributed by atoms with Crippen molar-refractivity contribution in [3.8, 4) is 0 Å². The van der Waals surface area contributed by atoms with Gasteiger partial charge in [-0.05, 0) is 5.82 Å². The fourth-order valence-electron chi connectivity index (χ4n) is 0.503. The molecule has 0 radical (unpaired) electrons. The fraction of sp³-hybridized carbons (Fsp3) is 0.400. The Morgan fingerprint density at radius 2 is 2.75 bits per heavy atom. The Balaban J connectivity index is 2.51. The molecule has 8 heavy (non-hydrogen) atoms. The number of halogens is 1. The van der Waals surface area contributed by atoms with Crippen molar-refractivity contribution in [1.82, 2.24) is 0 Å². The maximum Gasteiger partial charge on any atom is 0.0647 e. The Morgan fingerprint density at radius 1 is 1.88 bits per heavy atom. The molecular weight excluding hydrogens is 140 g/mol. The molecule has 44 valence electrons. The molecule has 1 unspecified atom stereocenters. The SMILES string of the molecule is ClCC1=CPCC=N1. The molecule has 0 aromatic carbocycles. The van der Waals surface area contributed by atoms with E-state index in [1.165, 1.54) is 0 Å². The second-order valence-corrected chi connectivity index (χ2v) is 2.86. The van der Waals surface area contributed by atoms with Gasteiger partial charge in [0.25, 0.3) is 0 Å². The lowest BCUT2D eigenvalue weighted by molar-refractivity contribution is 1.33. The van der Waals surface area contributed by atoms with Crippen molar-refractivity contribution in [3.05, 3.63) is 11.5 Å². The van der Waals surface area contributed by atoms with Gasteiger partial charge in [0.2, 0.25) is 0 Å². The van der Waals surface area contributed by atoms with E-state index in [9.17, 15) is 0 Å². The zero-order valence-electron chi connectivity index (χ0n) is 4.39. The first kappa shape index (κ1) is 6.25. The van der Waals surface area contributed by atoms with Crippen LogP contribution in [-0.4, -0.2) is 18.3 Å². The van der Waals surface area contributed by atoms with Crippen LogP contribution in [-0.2, 0) is 0 Å². The zero-order chi connectivity index (χ0) is 5.82. The lowest BCUT2D eigenvalue weighted by Crippen LogP contribution is -1.87. The molecule has 1 atom stereocenters. The Bertz CT molecular complexity index is 130. The molecule has 0 saturated heterocycles. The van der Waals surface area contributed by atoms with Crippen LogP contribution in [0.2, 0.25) is 0 Å². The summed E-state index contributed by atoms with van der Waals surface area (Å²) in [6.07, 6.45) is 3.02. The van der Waals surface area contributed by atoms with Gasteiger partial charge in [-0.1, -0.05) is 8.58 Å². The predicted octanol–water partition coefficient (Wildman–Crippen LogP) is 1.83. The Morgan fingerprint density at radius 3 is 3.12 bits per heavy atom. The van der Waals surface area contributed by atoms with Crippen LogP contribution in [0.25, 0.3) is 0 Å². The van der Waals surface area contributed by atoms with Crippen LogP contribution in [0.5, 0.6) is 0 Å². The van der Waals surface area contributed by atoms with Crippen LogP contribution in [0.15, 0.2) is 16.5 Å². The summed E-state index contributed by atoms with van der Waals surface area (Å²) in [5, 5.41) is 0. The van der Waals surface area contributed by atoms with Gasteiger partial charge < -0.3 is 0 Å². The summed E-state index contributed by atoms with van der Waals surface area (Å²) in [5.41, 5.74) is 1.02. The minimum absolute atomic E-state index is 0.559. The molecule has 0 aliphatic carbocycles. The smallest absolute Gasteiger partial charge is 0.0647 e. The largest absolute Gasteiger partial charge is 0.264 e. The monoisotopic (exact) mass is 147 g/mol. The normalized spacial score (nSPS) is 21.4. The fourth-order valence-corrected chi connectivity index (χ4v) is 1.51. The van der Waals surface area contributed by atoms with Gasteiger partial charge in [0.1, 0.15) is 0 Å². The molecule has 0 spiro atoms. The molecule has 0 aromatic heterocycles. The van der Waals surface area contributed by atoms with Crippen molar-refractivity contribution in [2.45, 2.75) is 0 Å². The number of hydrogen-bond donors (Lipinski definition) is 0. The number of allylic oxidation sites excluding steroid dienone is 1. The summed E-state index contributed by atoms with van der Waals surface area (Å²) in [6.45, 7) is 0. The highest BCUT2D eigenvalue weighted by Crippen LogP contribution is 2.18. The van der Waals surface area contributed by atoms with Crippen molar-refractivity contribution in [2.75, 3.05) is 12.0 Å². The molecule has 1 nitrogen and oxygen atoms in total. The lowest BCUT2D eigenvalue weighted by atomic mass is 10.6. The van der Waals surface area contributed by atoms with E-state index in [0.717, 1.165) is 20.4 Å². The van der Waals surface area contributed by atoms with Crippen LogP contribution in [0.3, 0.4) is 0 Å². The highest BCUT2D eigenvalue weighted by molar-refractivity contribution is 7.42. The second-order valence-electron chi connectivity index (χ2n) is 1.49. The molecule has 1 aliphatic heterocycles. The lowest BCUT2D eigenvalue weighted by Gasteiger charge is -1.99. The van der Waals surface area contributed by atoms with Crippen molar-refractivity contribution in [1.29, 1.82) is 0 Å². The summed E-state index contributed by atoms with van der Waals surface area (Å²) in [6, 6.07) is 0. The van der Waals surface area contributed by atoms with Gasteiger partial charge in [-0.25, -0.2) is 0 Å². The van der Waals surface area contributed by atoms with Crippen molar-refractivity contribution in [2.24, 2.45) is 4.99 Å². The number of rotatable bonds is 1. The topological polar surface area (TPSA) is 12.4 Å². The summed E-state index contributed by atoms with van der Waals surface area (Å²) in [4.78, 5) is 4.06. The van der Waals surface area contributed by atoms with Crippen molar-refractivity contribution >= 4 is 26.4 Å². The molecule has 1 rings (SSSR count). The van der Waals surface area contributed by atoms with Crippen LogP contribution >= 0.6 is 20.2 Å². The van der Waals surface area contributed by atoms with E-state index >= 15 is 0 Å². The maximum absolute atomic E-state index is 5.50. The van der Waals surface area contributed by atoms with Gasteiger partial charge >= 0.3 is 0 Å². The first-order chi connectivity index (χ1) is 3.93. The highest BCUT2D eigenvalue weighted by atomic mass is 35.5. The first-order valence-electron chi connectivity index (χ1n) is 2.44. The average molecular weight is 148 g/mol. The van der Waals surface area contributed by atoms with Gasteiger partial charge in [-0.15, -0.1) is 11.6 Å². The van der Waals surface area contributed by atoms with E-state index in [1.807, 2.05) is 6.21 Å². The van der Waals surface area contributed by atoms with E-state index in [-0.39, 0.29) is 0 Å². The Hall–Kier alpha value is 0.130. The molecule has 0 saturated carbocycles. The van der Waals surface area contributed by atoms with E-state index < -0.39 is 0 Å². The third kappa shape index (κ3) is 1.57. The van der Waals surface area contributed by atoms with E-state index in [2.05, 4.69) is 10.8 Å². The van der Waals surface area contributed by atoms with E-state index in [0.29, 0.717) is 5.88 Å². The number of alkyl halides is 1. The van der Waals surface area contributed by atoms with Gasteiger partial charge in [-0.2, -0.15) is 0 Å². The maximum atomic E-state index is 5.50. The van der Waals surface area contributed by atoms with Crippen LogP contribution in [0.4, 0.5) is 0 Å².